The normalized spacial score (nSPS) is 18.3. The van der Waals surface area contributed by atoms with Crippen molar-refractivity contribution in [2.75, 3.05) is 26.7 Å². The number of hydrogen-bond donors (Lipinski definition) is 1. The second kappa shape index (κ2) is 8.08. The fourth-order valence-corrected chi connectivity index (χ4v) is 3.25. The lowest BCUT2D eigenvalue weighted by Crippen LogP contribution is -2.51. The molecule has 126 valence electrons. The smallest absolute Gasteiger partial charge is 0.337 e. The lowest BCUT2D eigenvalue weighted by Gasteiger charge is -2.34. The average Bonchev–Trinajstić information content (AvgIpc) is 2.62. The maximum atomic E-state index is 11.7. The first kappa shape index (κ1) is 16.7. The SMILES string of the molecule is COC(=O)c1cccc(CN2CCNC(Cc3ccccc3)C2)c1. The summed E-state index contributed by atoms with van der Waals surface area (Å²) in [6.45, 7) is 3.89. The molecule has 1 heterocycles. The van der Waals surface area contributed by atoms with Gasteiger partial charge in [-0.1, -0.05) is 42.5 Å². The summed E-state index contributed by atoms with van der Waals surface area (Å²) < 4.78 is 4.80. The van der Waals surface area contributed by atoms with E-state index in [0.717, 1.165) is 38.2 Å². The fraction of sp³-hybridized carbons (Fsp3) is 0.350. The zero-order valence-electron chi connectivity index (χ0n) is 14.1. The first-order chi connectivity index (χ1) is 11.7. The molecule has 4 heteroatoms. The minimum absolute atomic E-state index is 0.279. The van der Waals surface area contributed by atoms with Crippen LogP contribution in [0.2, 0.25) is 0 Å². The van der Waals surface area contributed by atoms with Gasteiger partial charge in [0.1, 0.15) is 0 Å². The molecule has 1 aliphatic rings. The Morgan fingerprint density at radius 1 is 1.17 bits per heavy atom. The van der Waals surface area contributed by atoms with Crippen LogP contribution in [0, 0.1) is 0 Å². The molecule has 1 fully saturated rings. The summed E-state index contributed by atoms with van der Waals surface area (Å²) in [7, 11) is 1.42. The highest BCUT2D eigenvalue weighted by Gasteiger charge is 2.19. The maximum Gasteiger partial charge on any atom is 0.337 e. The Hall–Kier alpha value is -2.17. The Morgan fingerprint density at radius 2 is 1.96 bits per heavy atom. The zero-order valence-corrected chi connectivity index (χ0v) is 14.1. The Morgan fingerprint density at radius 3 is 2.75 bits per heavy atom. The molecule has 0 radical (unpaired) electrons. The molecule has 1 aliphatic heterocycles. The predicted molar refractivity (Wildman–Crippen MR) is 95.0 cm³/mol. The number of esters is 1. The number of rotatable bonds is 5. The van der Waals surface area contributed by atoms with Gasteiger partial charge in [0.25, 0.3) is 0 Å². The van der Waals surface area contributed by atoms with Gasteiger partial charge in [-0.05, 0) is 29.7 Å². The van der Waals surface area contributed by atoms with E-state index in [2.05, 4.69) is 46.6 Å². The molecule has 1 atom stereocenters. The fourth-order valence-electron chi connectivity index (χ4n) is 3.25. The first-order valence-electron chi connectivity index (χ1n) is 8.41. The van der Waals surface area contributed by atoms with Gasteiger partial charge in [0.15, 0.2) is 0 Å². The molecule has 1 saturated heterocycles. The van der Waals surface area contributed by atoms with Crippen LogP contribution in [0.25, 0.3) is 0 Å². The molecule has 1 N–H and O–H groups in total. The van der Waals surface area contributed by atoms with E-state index in [1.807, 2.05) is 12.1 Å². The van der Waals surface area contributed by atoms with Gasteiger partial charge in [0.2, 0.25) is 0 Å². The second-order valence-electron chi connectivity index (χ2n) is 6.27. The third-order valence-electron chi connectivity index (χ3n) is 4.42. The average molecular weight is 324 g/mol. The topological polar surface area (TPSA) is 41.6 Å². The number of hydrogen-bond acceptors (Lipinski definition) is 4. The number of carbonyl (C=O) groups excluding carboxylic acids is 1. The molecular weight excluding hydrogens is 300 g/mol. The number of ether oxygens (including phenoxy) is 1. The third kappa shape index (κ3) is 4.43. The number of carbonyl (C=O) groups is 1. The summed E-state index contributed by atoms with van der Waals surface area (Å²) in [6.07, 6.45) is 1.04. The molecule has 24 heavy (non-hydrogen) atoms. The maximum absolute atomic E-state index is 11.7. The molecule has 2 aromatic rings. The highest BCUT2D eigenvalue weighted by Crippen LogP contribution is 2.13. The van der Waals surface area contributed by atoms with Crippen molar-refractivity contribution in [3.05, 3.63) is 71.3 Å². The van der Waals surface area contributed by atoms with Crippen molar-refractivity contribution in [3.63, 3.8) is 0 Å². The van der Waals surface area contributed by atoms with Gasteiger partial charge in [-0.15, -0.1) is 0 Å². The van der Waals surface area contributed by atoms with Crippen molar-refractivity contribution in [1.82, 2.24) is 10.2 Å². The van der Waals surface area contributed by atoms with E-state index in [-0.39, 0.29) is 5.97 Å². The summed E-state index contributed by atoms with van der Waals surface area (Å²) >= 11 is 0. The minimum Gasteiger partial charge on any atom is -0.465 e. The van der Waals surface area contributed by atoms with Crippen LogP contribution in [0.1, 0.15) is 21.5 Å². The number of piperazine rings is 1. The van der Waals surface area contributed by atoms with Crippen molar-refractivity contribution in [2.45, 2.75) is 19.0 Å². The Bertz CT molecular complexity index is 672. The predicted octanol–water partition coefficient (Wildman–Crippen LogP) is 2.49. The molecule has 0 amide bonds. The number of nitrogens with one attached hydrogen (secondary N) is 1. The number of methoxy groups -OCH3 is 1. The molecule has 0 saturated carbocycles. The van der Waals surface area contributed by atoms with Gasteiger partial charge in [0.05, 0.1) is 12.7 Å². The van der Waals surface area contributed by atoms with E-state index in [9.17, 15) is 4.79 Å². The highest BCUT2D eigenvalue weighted by molar-refractivity contribution is 5.89. The van der Waals surface area contributed by atoms with Crippen LogP contribution in [0.4, 0.5) is 0 Å². The third-order valence-corrected chi connectivity index (χ3v) is 4.42. The van der Waals surface area contributed by atoms with E-state index in [4.69, 9.17) is 4.74 Å². The zero-order chi connectivity index (χ0) is 16.8. The lowest BCUT2D eigenvalue weighted by molar-refractivity contribution is 0.0600. The molecular formula is C20H24N2O2. The van der Waals surface area contributed by atoms with Crippen LogP contribution in [0.3, 0.4) is 0 Å². The van der Waals surface area contributed by atoms with Crippen LogP contribution in [-0.2, 0) is 17.7 Å². The van der Waals surface area contributed by atoms with Crippen LogP contribution < -0.4 is 5.32 Å². The van der Waals surface area contributed by atoms with Crippen molar-refractivity contribution >= 4 is 5.97 Å². The van der Waals surface area contributed by atoms with Crippen molar-refractivity contribution in [2.24, 2.45) is 0 Å². The van der Waals surface area contributed by atoms with Gasteiger partial charge >= 0.3 is 5.97 Å². The summed E-state index contributed by atoms with van der Waals surface area (Å²) in [4.78, 5) is 14.1. The highest BCUT2D eigenvalue weighted by atomic mass is 16.5. The summed E-state index contributed by atoms with van der Waals surface area (Å²) in [6, 6.07) is 18.8. The van der Waals surface area contributed by atoms with Gasteiger partial charge in [-0.3, -0.25) is 4.90 Å². The molecule has 0 bridgehead atoms. The molecule has 3 rings (SSSR count). The van der Waals surface area contributed by atoms with Crippen LogP contribution in [0.5, 0.6) is 0 Å². The molecule has 1 unspecified atom stereocenters. The molecule has 0 aromatic heterocycles. The molecule has 2 aromatic carbocycles. The Labute approximate surface area is 143 Å². The standard InChI is InChI=1S/C20H24N2O2/c1-24-20(23)18-9-5-8-17(12-18)14-22-11-10-21-19(15-22)13-16-6-3-2-4-7-16/h2-9,12,19,21H,10-11,13-15H2,1H3. The summed E-state index contributed by atoms with van der Waals surface area (Å²) in [5, 5.41) is 3.61. The second-order valence-corrected chi connectivity index (χ2v) is 6.27. The Kier molecular flexibility index (Phi) is 5.62. The largest absolute Gasteiger partial charge is 0.465 e. The van der Waals surface area contributed by atoms with Gasteiger partial charge in [-0.2, -0.15) is 0 Å². The molecule has 0 spiro atoms. The van der Waals surface area contributed by atoms with Gasteiger partial charge < -0.3 is 10.1 Å². The first-order valence-corrected chi connectivity index (χ1v) is 8.41. The minimum atomic E-state index is -0.279. The van der Waals surface area contributed by atoms with Crippen molar-refractivity contribution in [3.8, 4) is 0 Å². The molecule has 0 aliphatic carbocycles. The van der Waals surface area contributed by atoms with E-state index in [1.54, 1.807) is 6.07 Å². The summed E-state index contributed by atoms with van der Waals surface area (Å²) in [5.74, 6) is -0.279. The molecule has 4 nitrogen and oxygen atoms in total. The van der Waals surface area contributed by atoms with E-state index in [0.29, 0.717) is 11.6 Å². The number of nitrogens with zero attached hydrogens (tertiary/aromatic N) is 1. The van der Waals surface area contributed by atoms with E-state index < -0.39 is 0 Å². The van der Waals surface area contributed by atoms with Crippen molar-refractivity contribution < 1.29 is 9.53 Å². The summed E-state index contributed by atoms with van der Waals surface area (Å²) in [5.41, 5.74) is 3.13. The number of benzene rings is 2. The van der Waals surface area contributed by atoms with E-state index in [1.165, 1.54) is 12.7 Å². The quantitative estimate of drug-likeness (QED) is 0.858. The lowest BCUT2D eigenvalue weighted by atomic mass is 10.0. The van der Waals surface area contributed by atoms with Crippen molar-refractivity contribution in [1.29, 1.82) is 0 Å². The van der Waals surface area contributed by atoms with Gasteiger partial charge in [0, 0.05) is 32.2 Å². The Balaban J connectivity index is 1.60. The van der Waals surface area contributed by atoms with E-state index >= 15 is 0 Å². The monoisotopic (exact) mass is 324 g/mol. The van der Waals surface area contributed by atoms with Crippen LogP contribution in [0.15, 0.2) is 54.6 Å². The van der Waals surface area contributed by atoms with Crippen LogP contribution >= 0.6 is 0 Å². The van der Waals surface area contributed by atoms with Crippen LogP contribution in [-0.4, -0.2) is 43.7 Å². The van der Waals surface area contributed by atoms with Gasteiger partial charge in [-0.25, -0.2) is 4.79 Å².